The van der Waals surface area contributed by atoms with Gasteiger partial charge in [0.15, 0.2) is 0 Å². The number of hydrogen-bond acceptors (Lipinski definition) is 4. The zero-order valence-electron chi connectivity index (χ0n) is 13.5. The van der Waals surface area contributed by atoms with Gasteiger partial charge >= 0.3 is 0 Å². The quantitative estimate of drug-likeness (QED) is 0.914. The van der Waals surface area contributed by atoms with E-state index in [9.17, 15) is 4.79 Å². The summed E-state index contributed by atoms with van der Waals surface area (Å²) in [4.78, 5) is 16.4. The molecule has 2 atom stereocenters. The molecule has 0 aromatic carbocycles. The van der Waals surface area contributed by atoms with Gasteiger partial charge in [-0.1, -0.05) is 0 Å². The van der Waals surface area contributed by atoms with Gasteiger partial charge in [0, 0.05) is 30.6 Å². The lowest BCUT2D eigenvalue weighted by Gasteiger charge is -2.18. The Morgan fingerprint density at radius 2 is 2.13 bits per heavy atom. The van der Waals surface area contributed by atoms with Gasteiger partial charge in [0.05, 0.1) is 19.3 Å². The third-order valence-corrected chi connectivity index (χ3v) is 4.13. The number of carbonyl (C=O) groups is 1. The van der Waals surface area contributed by atoms with Gasteiger partial charge in [-0.05, 0) is 44.0 Å². The van der Waals surface area contributed by atoms with Crippen LogP contribution in [0.25, 0.3) is 0 Å². The standard InChI is InChI=1S/C17H22N4O2/c1-12(2)21-8-5-15(20-21)17(22)19-16-11-23-10-14(16)9-13-3-6-18-7-4-13/h3-8,12,14,16H,9-11H2,1-2H3,(H,19,22)/t14-,16-/m1/s1. The molecule has 1 aliphatic heterocycles. The van der Waals surface area contributed by atoms with Crippen LogP contribution in [0, 0.1) is 5.92 Å². The van der Waals surface area contributed by atoms with Crippen LogP contribution in [0.3, 0.4) is 0 Å². The first-order chi connectivity index (χ1) is 11.1. The van der Waals surface area contributed by atoms with Crippen molar-refractivity contribution in [2.75, 3.05) is 13.2 Å². The molecule has 23 heavy (non-hydrogen) atoms. The van der Waals surface area contributed by atoms with Crippen molar-refractivity contribution < 1.29 is 9.53 Å². The second-order valence-electron chi connectivity index (χ2n) is 6.21. The zero-order valence-corrected chi connectivity index (χ0v) is 13.5. The predicted octanol–water partition coefficient (Wildman–Crippen LogP) is 1.85. The zero-order chi connectivity index (χ0) is 16.2. The van der Waals surface area contributed by atoms with Crippen molar-refractivity contribution >= 4 is 5.91 Å². The number of amides is 1. The Morgan fingerprint density at radius 3 is 2.83 bits per heavy atom. The fourth-order valence-corrected chi connectivity index (χ4v) is 2.77. The van der Waals surface area contributed by atoms with E-state index in [1.54, 1.807) is 23.1 Å². The molecule has 0 aliphatic carbocycles. The van der Waals surface area contributed by atoms with Crippen LogP contribution in [0.2, 0.25) is 0 Å². The van der Waals surface area contributed by atoms with Crippen molar-refractivity contribution in [2.24, 2.45) is 5.92 Å². The maximum Gasteiger partial charge on any atom is 0.272 e. The molecule has 1 amide bonds. The second-order valence-corrected chi connectivity index (χ2v) is 6.21. The molecular formula is C17H22N4O2. The Morgan fingerprint density at radius 1 is 1.35 bits per heavy atom. The number of carbonyl (C=O) groups excluding carboxylic acids is 1. The van der Waals surface area contributed by atoms with Crippen LogP contribution in [0.1, 0.15) is 35.9 Å². The molecular weight excluding hydrogens is 292 g/mol. The molecule has 0 unspecified atom stereocenters. The third kappa shape index (κ3) is 3.76. The van der Waals surface area contributed by atoms with Crippen molar-refractivity contribution in [3.63, 3.8) is 0 Å². The Balaban J connectivity index is 1.62. The topological polar surface area (TPSA) is 69.0 Å². The number of aromatic nitrogens is 3. The van der Waals surface area contributed by atoms with Gasteiger partial charge in [-0.25, -0.2) is 0 Å². The lowest BCUT2D eigenvalue weighted by atomic mass is 9.95. The fraction of sp³-hybridized carbons (Fsp3) is 0.471. The van der Waals surface area contributed by atoms with Gasteiger partial charge in [-0.2, -0.15) is 5.10 Å². The third-order valence-electron chi connectivity index (χ3n) is 4.13. The molecule has 0 saturated carbocycles. The van der Waals surface area contributed by atoms with E-state index in [4.69, 9.17) is 4.74 Å². The van der Waals surface area contributed by atoms with Crippen molar-refractivity contribution in [3.05, 3.63) is 48.0 Å². The molecule has 122 valence electrons. The molecule has 1 N–H and O–H groups in total. The summed E-state index contributed by atoms with van der Waals surface area (Å²) in [6.45, 7) is 5.27. The highest BCUT2D eigenvalue weighted by atomic mass is 16.5. The number of hydrogen-bond donors (Lipinski definition) is 1. The molecule has 0 radical (unpaired) electrons. The van der Waals surface area contributed by atoms with Crippen molar-refractivity contribution in [3.8, 4) is 0 Å². The van der Waals surface area contributed by atoms with Crippen molar-refractivity contribution in [1.82, 2.24) is 20.1 Å². The number of nitrogens with one attached hydrogen (secondary N) is 1. The van der Waals surface area contributed by atoms with Gasteiger partial charge in [-0.3, -0.25) is 14.5 Å². The summed E-state index contributed by atoms with van der Waals surface area (Å²) in [5, 5.41) is 7.38. The van der Waals surface area contributed by atoms with Gasteiger partial charge in [0.25, 0.3) is 5.91 Å². The van der Waals surface area contributed by atoms with E-state index in [0.717, 1.165) is 6.42 Å². The van der Waals surface area contributed by atoms with Crippen LogP contribution in [-0.4, -0.2) is 39.9 Å². The van der Waals surface area contributed by atoms with Crippen LogP contribution in [0.4, 0.5) is 0 Å². The highest BCUT2D eigenvalue weighted by Gasteiger charge is 2.30. The first-order valence-electron chi connectivity index (χ1n) is 7.96. The number of pyridine rings is 1. The SMILES string of the molecule is CC(C)n1ccc(C(=O)N[C@@H]2COC[C@H]2Cc2ccncc2)n1. The summed E-state index contributed by atoms with van der Waals surface area (Å²) in [7, 11) is 0. The van der Waals surface area contributed by atoms with Crippen LogP contribution >= 0.6 is 0 Å². The van der Waals surface area contributed by atoms with Crippen LogP contribution < -0.4 is 5.32 Å². The van der Waals surface area contributed by atoms with Gasteiger partial charge in [-0.15, -0.1) is 0 Å². The largest absolute Gasteiger partial charge is 0.379 e. The highest BCUT2D eigenvalue weighted by molar-refractivity contribution is 5.92. The Hall–Kier alpha value is -2.21. The summed E-state index contributed by atoms with van der Waals surface area (Å²) in [5.74, 6) is 0.133. The Bertz CT molecular complexity index is 654. The summed E-state index contributed by atoms with van der Waals surface area (Å²) in [6.07, 6.45) is 6.28. The fourth-order valence-electron chi connectivity index (χ4n) is 2.77. The van der Waals surface area contributed by atoms with E-state index < -0.39 is 0 Å². The van der Waals surface area contributed by atoms with Crippen LogP contribution in [0.15, 0.2) is 36.8 Å². The van der Waals surface area contributed by atoms with E-state index in [-0.39, 0.29) is 23.9 Å². The number of ether oxygens (including phenoxy) is 1. The van der Waals surface area contributed by atoms with Gasteiger partial charge < -0.3 is 10.1 Å². The van der Waals surface area contributed by atoms with Crippen molar-refractivity contribution in [1.29, 1.82) is 0 Å². The predicted molar refractivity (Wildman–Crippen MR) is 86.1 cm³/mol. The minimum atomic E-state index is -0.139. The molecule has 3 rings (SSSR count). The van der Waals surface area contributed by atoms with E-state index in [1.807, 2.05) is 32.2 Å². The van der Waals surface area contributed by atoms with Gasteiger partial charge in [0.1, 0.15) is 5.69 Å². The average Bonchev–Trinajstić information content (AvgIpc) is 3.18. The minimum Gasteiger partial charge on any atom is -0.379 e. The molecule has 3 heterocycles. The first kappa shape index (κ1) is 15.7. The van der Waals surface area contributed by atoms with E-state index in [1.165, 1.54) is 5.56 Å². The smallest absolute Gasteiger partial charge is 0.272 e. The molecule has 2 aromatic rings. The summed E-state index contributed by atoms with van der Waals surface area (Å²) >= 11 is 0. The van der Waals surface area contributed by atoms with E-state index >= 15 is 0 Å². The normalized spacial score (nSPS) is 20.8. The monoisotopic (exact) mass is 314 g/mol. The first-order valence-corrected chi connectivity index (χ1v) is 7.96. The Labute approximate surface area is 135 Å². The summed E-state index contributed by atoms with van der Waals surface area (Å²) in [6, 6.07) is 6.01. The summed E-state index contributed by atoms with van der Waals surface area (Å²) in [5.41, 5.74) is 1.66. The molecule has 6 heteroatoms. The molecule has 1 fully saturated rings. The van der Waals surface area contributed by atoms with E-state index in [2.05, 4.69) is 15.4 Å². The highest BCUT2D eigenvalue weighted by Crippen LogP contribution is 2.19. The second kappa shape index (κ2) is 6.91. The molecule has 1 saturated heterocycles. The van der Waals surface area contributed by atoms with E-state index in [0.29, 0.717) is 18.9 Å². The molecule has 2 aromatic heterocycles. The summed E-state index contributed by atoms with van der Waals surface area (Å²) < 4.78 is 7.35. The van der Waals surface area contributed by atoms with Crippen LogP contribution in [-0.2, 0) is 11.2 Å². The maximum atomic E-state index is 12.4. The number of nitrogens with zero attached hydrogens (tertiary/aromatic N) is 3. The number of rotatable bonds is 5. The van der Waals surface area contributed by atoms with Gasteiger partial charge in [0.2, 0.25) is 0 Å². The minimum absolute atomic E-state index is 0.0138. The Kier molecular flexibility index (Phi) is 4.71. The lowest BCUT2D eigenvalue weighted by Crippen LogP contribution is -2.40. The average molecular weight is 314 g/mol. The van der Waals surface area contributed by atoms with Crippen molar-refractivity contribution in [2.45, 2.75) is 32.4 Å². The molecule has 1 aliphatic rings. The lowest BCUT2D eigenvalue weighted by molar-refractivity contribution is 0.0919. The molecule has 6 nitrogen and oxygen atoms in total. The molecule has 0 spiro atoms. The van der Waals surface area contributed by atoms with Crippen LogP contribution in [0.5, 0.6) is 0 Å². The molecule has 0 bridgehead atoms. The maximum absolute atomic E-state index is 12.4.